The van der Waals surface area contributed by atoms with E-state index in [1.807, 2.05) is 0 Å². The summed E-state index contributed by atoms with van der Waals surface area (Å²) < 4.78 is 5.95. The molecule has 0 amide bonds. The van der Waals surface area contributed by atoms with Crippen molar-refractivity contribution in [2.75, 3.05) is 19.9 Å². The van der Waals surface area contributed by atoms with Crippen molar-refractivity contribution in [1.82, 2.24) is 4.90 Å². The Bertz CT molecular complexity index is 245. The van der Waals surface area contributed by atoms with E-state index >= 15 is 0 Å². The molecule has 0 N–H and O–H groups in total. The van der Waals surface area contributed by atoms with Crippen LogP contribution in [0, 0.1) is 0 Å². The van der Waals surface area contributed by atoms with Gasteiger partial charge in [0.25, 0.3) is 0 Å². The lowest BCUT2D eigenvalue weighted by Crippen LogP contribution is -2.35. The van der Waals surface area contributed by atoms with Gasteiger partial charge in [-0.3, -0.25) is 4.90 Å². The highest BCUT2D eigenvalue weighted by molar-refractivity contribution is 9.09. The van der Waals surface area contributed by atoms with Crippen molar-refractivity contribution in [3.05, 3.63) is 0 Å². The third-order valence-corrected chi connectivity index (χ3v) is 6.78. The van der Waals surface area contributed by atoms with Crippen LogP contribution in [0.4, 0.5) is 0 Å². The minimum Gasteiger partial charge on any atom is -0.366 e. The van der Waals surface area contributed by atoms with Crippen LogP contribution < -0.4 is 0 Å². The number of alkyl halides is 1. The lowest BCUT2D eigenvalue weighted by Gasteiger charge is -2.28. The summed E-state index contributed by atoms with van der Waals surface area (Å²) in [6, 6.07) is 1.27. The van der Waals surface area contributed by atoms with Gasteiger partial charge in [0, 0.05) is 21.2 Å². The number of hydrogen-bond acceptors (Lipinski definition) is 2. The predicted molar refractivity (Wildman–Crippen MR) is 95.3 cm³/mol. The Hall–Kier alpha value is 0.617. The summed E-state index contributed by atoms with van der Waals surface area (Å²) in [5.74, 6) is 0. The van der Waals surface area contributed by atoms with Crippen LogP contribution in [0.25, 0.3) is 0 Å². The molecule has 1 heterocycles. The Morgan fingerprint density at radius 3 is 2.25 bits per heavy atom. The number of hydrogen-bond donors (Lipinski definition) is 0. The molecule has 0 aromatic rings. The van der Waals surface area contributed by atoms with Crippen molar-refractivity contribution in [2.45, 2.75) is 82.0 Å². The molecule has 0 aromatic carbocycles. The SMILES string of the molecule is C[Si](C)(C)CCOCN1CCCCCCCCCC1Br. The van der Waals surface area contributed by atoms with Crippen molar-refractivity contribution >= 4 is 24.0 Å². The molecule has 0 bridgehead atoms. The van der Waals surface area contributed by atoms with E-state index in [0.717, 1.165) is 13.3 Å². The zero-order valence-electron chi connectivity index (χ0n) is 13.8. The van der Waals surface area contributed by atoms with E-state index in [1.165, 1.54) is 64.0 Å². The first-order chi connectivity index (χ1) is 9.49. The molecule has 120 valence electrons. The summed E-state index contributed by atoms with van der Waals surface area (Å²) in [6.45, 7) is 10.2. The van der Waals surface area contributed by atoms with Crippen LogP contribution in [0.1, 0.15) is 51.4 Å². The molecular weight excluding hydrogens is 330 g/mol. The van der Waals surface area contributed by atoms with Crippen LogP contribution in [-0.4, -0.2) is 37.8 Å². The first-order valence-corrected chi connectivity index (χ1v) is 13.1. The Balaban J connectivity index is 2.29. The van der Waals surface area contributed by atoms with Gasteiger partial charge in [-0.2, -0.15) is 0 Å². The van der Waals surface area contributed by atoms with E-state index in [1.54, 1.807) is 0 Å². The number of rotatable bonds is 5. The van der Waals surface area contributed by atoms with Crippen LogP contribution in [0.2, 0.25) is 25.7 Å². The molecule has 0 radical (unpaired) electrons. The van der Waals surface area contributed by atoms with Crippen LogP contribution in [0.5, 0.6) is 0 Å². The summed E-state index contributed by atoms with van der Waals surface area (Å²) in [6.07, 6.45) is 11.0. The monoisotopic (exact) mass is 363 g/mol. The average Bonchev–Trinajstić information content (AvgIpc) is 2.41. The quantitative estimate of drug-likeness (QED) is 0.278. The highest BCUT2D eigenvalue weighted by atomic mass is 79.9. The van der Waals surface area contributed by atoms with Gasteiger partial charge in [0.15, 0.2) is 0 Å². The minimum absolute atomic E-state index is 0.507. The van der Waals surface area contributed by atoms with Gasteiger partial charge in [-0.15, -0.1) is 0 Å². The Morgan fingerprint density at radius 2 is 1.60 bits per heavy atom. The van der Waals surface area contributed by atoms with Gasteiger partial charge < -0.3 is 4.74 Å². The summed E-state index contributed by atoms with van der Waals surface area (Å²) in [7, 11) is -0.956. The third-order valence-electron chi connectivity index (χ3n) is 4.04. The molecule has 1 atom stereocenters. The number of halogens is 1. The molecule has 1 aliphatic heterocycles. The van der Waals surface area contributed by atoms with Gasteiger partial charge in [0.05, 0.1) is 11.7 Å². The highest BCUT2D eigenvalue weighted by Crippen LogP contribution is 2.20. The number of ether oxygens (including phenoxy) is 1. The van der Waals surface area contributed by atoms with E-state index < -0.39 is 8.07 Å². The topological polar surface area (TPSA) is 12.5 Å². The van der Waals surface area contributed by atoms with Crippen molar-refractivity contribution in [2.24, 2.45) is 0 Å². The standard InChI is InChI=1S/C16H34BrNOSi/c1-20(2,3)14-13-19-15-18-12-10-8-6-4-5-7-9-11-16(18)17/h16H,4-15H2,1-3H3. The second-order valence-corrected chi connectivity index (χ2v) is 14.0. The predicted octanol–water partition coefficient (Wildman–Crippen LogP) is 5.46. The van der Waals surface area contributed by atoms with Gasteiger partial charge in [0.2, 0.25) is 0 Å². The molecule has 4 heteroatoms. The maximum absolute atomic E-state index is 5.95. The fourth-order valence-corrected chi connectivity index (χ4v) is 3.94. The van der Waals surface area contributed by atoms with Gasteiger partial charge in [-0.1, -0.05) is 74.1 Å². The maximum Gasteiger partial charge on any atom is 0.0998 e. The lowest BCUT2D eigenvalue weighted by molar-refractivity contribution is 0.0274. The molecule has 2 nitrogen and oxygen atoms in total. The van der Waals surface area contributed by atoms with Crippen molar-refractivity contribution < 1.29 is 4.74 Å². The van der Waals surface area contributed by atoms with Gasteiger partial charge in [-0.05, 0) is 18.9 Å². The van der Waals surface area contributed by atoms with E-state index in [0.29, 0.717) is 4.95 Å². The normalized spacial score (nSPS) is 24.3. The Kier molecular flexibility index (Phi) is 9.67. The second kappa shape index (κ2) is 10.4. The molecule has 0 spiro atoms. The molecule has 0 saturated carbocycles. The molecule has 1 saturated heterocycles. The van der Waals surface area contributed by atoms with Crippen LogP contribution in [0.15, 0.2) is 0 Å². The van der Waals surface area contributed by atoms with E-state index in [9.17, 15) is 0 Å². The Morgan fingerprint density at radius 1 is 1.00 bits per heavy atom. The molecule has 1 fully saturated rings. The molecule has 0 aromatic heterocycles. The summed E-state index contributed by atoms with van der Waals surface area (Å²) >= 11 is 3.87. The van der Waals surface area contributed by atoms with Crippen molar-refractivity contribution in [3.63, 3.8) is 0 Å². The first kappa shape index (κ1) is 18.7. The molecular formula is C16H34BrNOSi. The average molecular weight is 364 g/mol. The molecule has 1 aliphatic rings. The second-order valence-electron chi connectivity index (χ2n) is 7.36. The summed E-state index contributed by atoms with van der Waals surface area (Å²) in [4.78, 5) is 3.00. The Labute approximate surface area is 135 Å². The summed E-state index contributed by atoms with van der Waals surface area (Å²) in [5, 5.41) is 0. The zero-order valence-corrected chi connectivity index (χ0v) is 16.4. The fraction of sp³-hybridized carbons (Fsp3) is 1.00. The molecule has 1 rings (SSSR count). The van der Waals surface area contributed by atoms with Gasteiger partial charge in [0.1, 0.15) is 0 Å². The fourth-order valence-electron chi connectivity index (χ4n) is 2.54. The highest BCUT2D eigenvalue weighted by Gasteiger charge is 2.17. The number of nitrogens with zero attached hydrogens (tertiary/aromatic N) is 1. The third kappa shape index (κ3) is 9.53. The van der Waals surface area contributed by atoms with Crippen LogP contribution in [-0.2, 0) is 4.74 Å². The van der Waals surface area contributed by atoms with Crippen LogP contribution >= 0.6 is 15.9 Å². The van der Waals surface area contributed by atoms with Crippen molar-refractivity contribution in [3.8, 4) is 0 Å². The minimum atomic E-state index is -0.956. The lowest BCUT2D eigenvalue weighted by atomic mass is 10.1. The summed E-state index contributed by atoms with van der Waals surface area (Å²) in [5.41, 5.74) is 0. The van der Waals surface area contributed by atoms with Gasteiger partial charge >= 0.3 is 0 Å². The van der Waals surface area contributed by atoms with Crippen LogP contribution in [0.3, 0.4) is 0 Å². The zero-order chi connectivity index (χ0) is 14.8. The molecule has 20 heavy (non-hydrogen) atoms. The molecule has 1 unspecified atom stereocenters. The van der Waals surface area contributed by atoms with E-state index in [-0.39, 0.29) is 0 Å². The van der Waals surface area contributed by atoms with Crippen molar-refractivity contribution in [1.29, 1.82) is 0 Å². The molecule has 0 aliphatic carbocycles. The largest absolute Gasteiger partial charge is 0.366 e. The van der Waals surface area contributed by atoms with E-state index in [2.05, 4.69) is 40.5 Å². The van der Waals surface area contributed by atoms with Gasteiger partial charge in [-0.25, -0.2) is 0 Å². The smallest absolute Gasteiger partial charge is 0.0998 e. The first-order valence-electron chi connectivity index (χ1n) is 8.45. The maximum atomic E-state index is 5.95. The van der Waals surface area contributed by atoms with E-state index in [4.69, 9.17) is 4.74 Å².